The van der Waals surface area contributed by atoms with E-state index in [-0.39, 0.29) is 11.7 Å². The van der Waals surface area contributed by atoms with Crippen molar-refractivity contribution in [2.75, 3.05) is 33.0 Å². The summed E-state index contributed by atoms with van der Waals surface area (Å²) in [5, 5.41) is 7.60. The molecule has 0 spiro atoms. The number of likely N-dealkylation sites (N-methyl/N-ethyl adjacent to an activating group) is 1. The minimum absolute atomic E-state index is 0.243. The number of carboxylic acids is 1. The van der Waals surface area contributed by atoms with Crippen LogP contribution in [0.2, 0.25) is 0 Å². The minimum atomic E-state index is -3.92. The molecule has 0 aromatic rings. The highest BCUT2D eigenvalue weighted by atomic mass is 32.2. The molecule has 0 atom stereocenters. The third kappa shape index (κ3) is 33.2. The van der Waals surface area contributed by atoms with Gasteiger partial charge in [-0.05, 0) is 13.3 Å². The van der Waals surface area contributed by atoms with Crippen LogP contribution in [-0.2, 0) is 24.4 Å². The number of aliphatic carboxylic acids is 1. The monoisotopic (exact) mass is 353 g/mol. The molecule has 0 bridgehead atoms. The van der Waals surface area contributed by atoms with Gasteiger partial charge in [0.05, 0.1) is 24.2 Å². The number of rotatable bonds is 7. The van der Waals surface area contributed by atoms with Gasteiger partial charge in [0.25, 0.3) is 0 Å². The van der Waals surface area contributed by atoms with E-state index in [1.807, 2.05) is 14.1 Å². The molecule has 9 heteroatoms. The van der Waals surface area contributed by atoms with Crippen molar-refractivity contribution in [2.24, 2.45) is 0 Å². The smallest absolute Gasteiger partial charge is 0.333 e. The number of nitrogens with one attached hydrogen (secondary N) is 1. The van der Waals surface area contributed by atoms with Crippen LogP contribution in [0, 0.1) is 0 Å². The molecule has 2 N–H and O–H groups in total. The number of esters is 1. The van der Waals surface area contributed by atoms with Crippen molar-refractivity contribution in [3.63, 3.8) is 0 Å². The largest absolute Gasteiger partial charge is 0.748 e. The highest BCUT2D eigenvalue weighted by Gasteiger charge is 2.02. The molecule has 0 radical (unpaired) electrons. The standard InChI is InChI=1S/C8H15NO2.C3H8O3S.C3H4O2/c1-7(2)8(10)11-6-5-9(3)4;1-2-3-7(4,5)6;1-2-3(4)5/h1,5-6H2,2-4H3;2-3H2,1H3,(H,4,5,6);2H,1H2,(H,4,5). The van der Waals surface area contributed by atoms with Crippen molar-refractivity contribution in [1.82, 2.24) is 0 Å². The Balaban J connectivity index is -0.000000286. The normalized spacial score (nSPS) is 9.65. The second-order valence-electron chi connectivity index (χ2n) is 4.68. The molecule has 0 heterocycles. The van der Waals surface area contributed by atoms with Crippen molar-refractivity contribution in [3.05, 3.63) is 24.8 Å². The molecular weight excluding hydrogens is 326 g/mol. The molecule has 0 amide bonds. The number of carboxylic acid groups (broad SMARTS) is 1. The van der Waals surface area contributed by atoms with E-state index in [0.29, 0.717) is 18.6 Å². The molecule has 0 rings (SSSR count). The maximum atomic E-state index is 10.8. The lowest BCUT2D eigenvalue weighted by atomic mass is 10.4. The fraction of sp³-hybridized carbons (Fsp3) is 0.571. The summed E-state index contributed by atoms with van der Waals surface area (Å²) in [7, 11) is 0.0929. The van der Waals surface area contributed by atoms with Crippen molar-refractivity contribution in [3.8, 4) is 0 Å². The van der Waals surface area contributed by atoms with E-state index in [4.69, 9.17) is 9.84 Å². The fourth-order valence-electron chi connectivity index (χ4n) is 0.721. The van der Waals surface area contributed by atoms with Gasteiger partial charge < -0.3 is 19.3 Å². The van der Waals surface area contributed by atoms with Crippen molar-refractivity contribution >= 4 is 22.1 Å². The number of carbonyl (C=O) groups excluding carboxylic acids is 1. The number of hydrogen-bond donors (Lipinski definition) is 2. The molecule has 136 valence electrons. The maximum absolute atomic E-state index is 10.8. The molecule has 8 nitrogen and oxygen atoms in total. The van der Waals surface area contributed by atoms with Crippen LogP contribution in [0.15, 0.2) is 24.8 Å². The Kier molecular flexibility index (Phi) is 17.3. The quantitative estimate of drug-likeness (QED) is 0.357. The third-order valence-electron chi connectivity index (χ3n) is 1.81. The molecule has 0 aliphatic rings. The van der Waals surface area contributed by atoms with Crippen LogP contribution >= 0.6 is 0 Å². The van der Waals surface area contributed by atoms with Crippen LogP contribution in [-0.4, -0.2) is 63.0 Å². The molecule has 0 aliphatic carbocycles. The summed E-state index contributed by atoms with van der Waals surface area (Å²) in [5.74, 6) is -1.52. The van der Waals surface area contributed by atoms with Crippen molar-refractivity contribution < 1.29 is 37.3 Å². The summed E-state index contributed by atoms with van der Waals surface area (Å²) in [6.07, 6.45) is 1.24. The van der Waals surface area contributed by atoms with Crippen LogP contribution in [0.25, 0.3) is 0 Å². The zero-order chi connectivity index (χ0) is 19.1. The van der Waals surface area contributed by atoms with Crippen LogP contribution in [0.1, 0.15) is 20.3 Å². The molecule has 0 aromatic carbocycles. The summed E-state index contributed by atoms with van der Waals surface area (Å²) in [4.78, 5) is 21.3. The molecule has 0 aromatic heterocycles. The van der Waals surface area contributed by atoms with Crippen LogP contribution in [0.5, 0.6) is 0 Å². The Morgan fingerprint density at radius 1 is 1.35 bits per heavy atom. The van der Waals surface area contributed by atoms with E-state index in [9.17, 15) is 22.6 Å². The molecule has 0 saturated carbocycles. The molecule has 0 aliphatic heterocycles. The summed E-state index contributed by atoms with van der Waals surface area (Å²) in [5.41, 5.74) is 0.457. The van der Waals surface area contributed by atoms with Gasteiger partial charge in [-0.1, -0.05) is 20.1 Å². The Bertz CT molecular complexity index is 470. The molecule has 0 saturated heterocycles. The number of ether oxygens (including phenoxy) is 1. The lowest BCUT2D eigenvalue weighted by molar-refractivity contribution is -0.858. The topological polar surface area (TPSA) is 125 Å². The predicted octanol–water partition coefficient (Wildman–Crippen LogP) is -0.551. The second kappa shape index (κ2) is 15.2. The van der Waals surface area contributed by atoms with E-state index >= 15 is 0 Å². The number of carbonyl (C=O) groups is 2. The van der Waals surface area contributed by atoms with E-state index in [2.05, 4.69) is 13.2 Å². The zero-order valence-corrected chi connectivity index (χ0v) is 14.9. The van der Waals surface area contributed by atoms with E-state index in [1.165, 1.54) is 4.90 Å². The first kappa shape index (κ1) is 26.2. The van der Waals surface area contributed by atoms with Gasteiger partial charge in [-0.3, -0.25) is 0 Å². The highest BCUT2D eigenvalue weighted by molar-refractivity contribution is 7.85. The molecule has 23 heavy (non-hydrogen) atoms. The summed E-state index contributed by atoms with van der Waals surface area (Å²) in [6.45, 7) is 11.0. The fourth-order valence-corrected chi connectivity index (χ4v) is 1.22. The number of quaternary nitrogens is 1. The Hall–Kier alpha value is -1.71. The van der Waals surface area contributed by atoms with Gasteiger partial charge >= 0.3 is 11.9 Å². The molecular formula is C14H27NO7S. The van der Waals surface area contributed by atoms with Crippen LogP contribution in [0.4, 0.5) is 0 Å². The molecule has 0 unspecified atom stereocenters. The van der Waals surface area contributed by atoms with Gasteiger partial charge in [-0.2, -0.15) is 0 Å². The average Bonchev–Trinajstić information content (AvgIpc) is 2.38. The summed E-state index contributed by atoms with van der Waals surface area (Å²) in [6, 6.07) is 0. The third-order valence-corrected chi connectivity index (χ3v) is 2.72. The van der Waals surface area contributed by atoms with E-state index in [1.54, 1.807) is 13.8 Å². The van der Waals surface area contributed by atoms with Crippen LogP contribution in [0.3, 0.4) is 0 Å². The lowest BCUT2D eigenvalue weighted by Crippen LogP contribution is -3.06. The van der Waals surface area contributed by atoms with Gasteiger partial charge in [-0.25, -0.2) is 18.0 Å². The highest BCUT2D eigenvalue weighted by Crippen LogP contribution is 1.89. The zero-order valence-electron chi connectivity index (χ0n) is 14.1. The van der Waals surface area contributed by atoms with E-state index in [0.717, 1.165) is 12.6 Å². The Morgan fingerprint density at radius 2 is 1.78 bits per heavy atom. The predicted molar refractivity (Wildman–Crippen MR) is 86.1 cm³/mol. The summed E-state index contributed by atoms with van der Waals surface area (Å²) < 4.78 is 33.9. The minimum Gasteiger partial charge on any atom is -0.748 e. The first-order valence-electron chi connectivity index (χ1n) is 6.77. The van der Waals surface area contributed by atoms with Crippen LogP contribution < -0.4 is 4.90 Å². The van der Waals surface area contributed by atoms with Gasteiger partial charge in [-0.15, -0.1) is 0 Å². The van der Waals surface area contributed by atoms with Gasteiger partial charge in [0.1, 0.15) is 13.2 Å². The van der Waals surface area contributed by atoms with Crippen molar-refractivity contribution in [1.29, 1.82) is 0 Å². The summed E-state index contributed by atoms with van der Waals surface area (Å²) >= 11 is 0. The first-order valence-corrected chi connectivity index (χ1v) is 8.35. The SMILES string of the molecule is C=C(C)C(=O)OCC[NH+](C)C.C=CC(=O)O.CCCS(=O)(=O)[O-]. The maximum Gasteiger partial charge on any atom is 0.333 e. The molecule has 0 fully saturated rings. The first-order chi connectivity index (χ1) is 10.4. The van der Waals surface area contributed by atoms with Crippen molar-refractivity contribution in [2.45, 2.75) is 20.3 Å². The number of hydrogen-bond acceptors (Lipinski definition) is 6. The lowest BCUT2D eigenvalue weighted by Gasteiger charge is -2.07. The van der Waals surface area contributed by atoms with Gasteiger partial charge in [0.2, 0.25) is 0 Å². The average molecular weight is 353 g/mol. The van der Waals surface area contributed by atoms with Gasteiger partial charge in [0, 0.05) is 17.4 Å². The van der Waals surface area contributed by atoms with E-state index < -0.39 is 16.1 Å². The second-order valence-corrected chi connectivity index (χ2v) is 6.20. The Morgan fingerprint density at radius 3 is 1.96 bits per heavy atom. The Labute approximate surface area is 138 Å². The van der Waals surface area contributed by atoms with Gasteiger partial charge in [0.15, 0.2) is 0 Å².